The minimum Gasteiger partial charge on any atom is -0.468 e. The first-order valence-electron chi connectivity index (χ1n) is 8.85. The van der Waals surface area contributed by atoms with Crippen LogP contribution in [0.1, 0.15) is 24.2 Å². The van der Waals surface area contributed by atoms with Crippen LogP contribution in [0.5, 0.6) is 0 Å². The second-order valence-electron chi connectivity index (χ2n) is 6.63. The van der Waals surface area contributed by atoms with Crippen molar-refractivity contribution in [2.45, 2.75) is 18.7 Å². The van der Waals surface area contributed by atoms with Crippen molar-refractivity contribution < 1.29 is 17.9 Å². The molecule has 0 aliphatic heterocycles. The number of ether oxygens (including phenoxy) is 1. The number of pyridine rings is 1. The van der Waals surface area contributed by atoms with Crippen LogP contribution in [-0.2, 0) is 25.1 Å². The van der Waals surface area contributed by atoms with Gasteiger partial charge in [-0.05, 0) is 37.3 Å². The van der Waals surface area contributed by atoms with Crippen LogP contribution in [-0.4, -0.2) is 42.2 Å². The van der Waals surface area contributed by atoms with Crippen LogP contribution in [0.2, 0.25) is 5.02 Å². The standard InChI is InChI=1S/C19H19ClN4O5S/c1-11(15-8-12-7-13(20)3-4-16(12)24-18(15)26)22-19-21-6-5-14(23-19)9-30(27,28)10-17(25)29-2/h3-8,11H,9-10H2,1-2H3,(H,24,26)(H,21,22,23)/t11-/m0/s1. The van der Waals surface area contributed by atoms with Gasteiger partial charge in [0.15, 0.2) is 9.84 Å². The van der Waals surface area contributed by atoms with E-state index in [0.717, 1.165) is 12.5 Å². The molecule has 0 saturated heterocycles. The molecule has 11 heteroatoms. The maximum atomic E-state index is 12.4. The number of halogens is 1. The molecule has 30 heavy (non-hydrogen) atoms. The normalized spacial score (nSPS) is 12.5. The molecule has 9 nitrogen and oxygen atoms in total. The number of hydrogen-bond donors (Lipinski definition) is 2. The van der Waals surface area contributed by atoms with Crippen LogP contribution >= 0.6 is 11.6 Å². The minimum atomic E-state index is -3.74. The van der Waals surface area contributed by atoms with E-state index in [9.17, 15) is 18.0 Å². The molecule has 3 rings (SSSR count). The van der Waals surface area contributed by atoms with Crippen molar-refractivity contribution in [3.63, 3.8) is 0 Å². The predicted octanol–water partition coefficient (Wildman–Crippen LogP) is 2.23. The summed E-state index contributed by atoms with van der Waals surface area (Å²) in [5.41, 5.74) is 1.04. The minimum absolute atomic E-state index is 0.152. The maximum Gasteiger partial charge on any atom is 0.320 e. The predicted molar refractivity (Wildman–Crippen MR) is 113 cm³/mol. The van der Waals surface area contributed by atoms with Gasteiger partial charge in [0.25, 0.3) is 5.56 Å². The lowest BCUT2D eigenvalue weighted by Crippen LogP contribution is -2.21. The molecule has 0 fully saturated rings. The molecule has 0 radical (unpaired) electrons. The van der Waals surface area contributed by atoms with Crippen LogP contribution < -0.4 is 10.9 Å². The Morgan fingerprint density at radius 1 is 1.30 bits per heavy atom. The van der Waals surface area contributed by atoms with Crippen molar-refractivity contribution in [1.29, 1.82) is 0 Å². The summed E-state index contributed by atoms with van der Waals surface area (Å²) in [4.78, 5) is 34.7. The Morgan fingerprint density at radius 3 is 2.80 bits per heavy atom. The lowest BCUT2D eigenvalue weighted by molar-refractivity contribution is -0.137. The highest BCUT2D eigenvalue weighted by Crippen LogP contribution is 2.21. The van der Waals surface area contributed by atoms with Gasteiger partial charge in [0.2, 0.25) is 5.95 Å². The molecular weight excluding hydrogens is 432 g/mol. The van der Waals surface area contributed by atoms with Crippen molar-refractivity contribution >= 4 is 44.3 Å². The van der Waals surface area contributed by atoms with Crippen molar-refractivity contribution in [3.05, 3.63) is 63.2 Å². The molecule has 0 aliphatic carbocycles. The van der Waals surface area contributed by atoms with Gasteiger partial charge in [-0.2, -0.15) is 0 Å². The monoisotopic (exact) mass is 450 g/mol. The van der Waals surface area contributed by atoms with Crippen molar-refractivity contribution in [3.8, 4) is 0 Å². The summed E-state index contributed by atoms with van der Waals surface area (Å²) in [6.45, 7) is 1.75. The highest BCUT2D eigenvalue weighted by Gasteiger charge is 2.19. The van der Waals surface area contributed by atoms with Gasteiger partial charge in [-0.15, -0.1) is 0 Å². The van der Waals surface area contributed by atoms with Crippen LogP contribution in [0, 0.1) is 0 Å². The number of nitrogens with one attached hydrogen (secondary N) is 2. The van der Waals surface area contributed by atoms with Gasteiger partial charge in [0.1, 0.15) is 5.75 Å². The fourth-order valence-electron chi connectivity index (χ4n) is 2.85. The van der Waals surface area contributed by atoms with E-state index in [0.29, 0.717) is 16.1 Å². The number of H-pyrrole nitrogens is 1. The number of aromatic nitrogens is 3. The van der Waals surface area contributed by atoms with E-state index in [-0.39, 0.29) is 17.2 Å². The van der Waals surface area contributed by atoms with Gasteiger partial charge in [0.05, 0.1) is 24.6 Å². The van der Waals surface area contributed by atoms with E-state index in [1.165, 1.54) is 12.3 Å². The number of aromatic amines is 1. The third-order valence-electron chi connectivity index (χ3n) is 4.29. The highest BCUT2D eigenvalue weighted by molar-refractivity contribution is 7.91. The lowest BCUT2D eigenvalue weighted by Gasteiger charge is -2.14. The number of rotatable bonds is 7. The smallest absolute Gasteiger partial charge is 0.320 e. The van der Waals surface area contributed by atoms with E-state index in [1.54, 1.807) is 31.2 Å². The molecular formula is C19H19ClN4O5S. The number of sulfone groups is 1. The Hall–Kier alpha value is -2.98. The summed E-state index contributed by atoms with van der Waals surface area (Å²) in [5, 5.41) is 4.31. The Bertz CT molecular complexity index is 1260. The largest absolute Gasteiger partial charge is 0.468 e. The van der Waals surface area contributed by atoms with Gasteiger partial charge in [-0.3, -0.25) is 9.59 Å². The Morgan fingerprint density at radius 2 is 2.07 bits per heavy atom. The number of carbonyl (C=O) groups is 1. The molecule has 2 aromatic heterocycles. The summed E-state index contributed by atoms with van der Waals surface area (Å²) in [5.74, 6) is -1.87. The Balaban J connectivity index is 1.81. The molecule has 0 spiro atoms. The van der Waals surface area contributed by atoms with Crippen LogP contribution in [0.4, 0.5) is 5.95 Å². The van der Waals surface area contributed by atoms with E-state index in [1.807, 2.05) is 0 Å². The van der Waals surface area contributed by atoms with Crippen LogP contribution in [0.15, 0.2) is 41.3 Å². The van der Waals surface area contributed by atoms with E-state index in [4.69, 9.17) is 11.6 Å². The van der Waals surface area contributed by atoms with E-state index >= 15 is 0 Å². The average Bonchev–Trinajstić information content (AvgIpc) is 2.67. The Kier molecular flexibility index (Phi) is 6.37. The summed E-state index contributed by atoms with van der Waals surface area (Å²) in [7, 11) is -2.62. The zero-order valence-electron chi connectivity index (χ0n) is 16.2. The van der Waals surface area contributed by atoms with E-state index in [2.05, 4.69) is 25.0 Å². The van der Waals surface area contributed by atoms with Gasteiger partial charge < -0.3 is 15.0 Å². The van der Waals surface area contributed by atoms with E-state index < -0.39 is 33.4 Å². The van der Waals surface area contributed by atoms with Crippen LogP contribution in [0.3, 0.4) is 0 Å². The number of fused-ring (bicyclic) bond motifs is 1. The average molecular weight is 451 g/mol. The maximum absolute atomic E-state index is 12.4. The van der Waals surface area contributed by atoms with Gasteiger partial charge in [-0.1, -0.05) is 11.6 Å². The quantitative estimate of drug-likeness (QED) is 0.524. The summed E-state index contributed by atoms with van der Waals surface area (Å²) in [6.07, 6.45) is 1.40. The van der Waals surface area contributed by atoms with Crippen molar-refractivity contribution in [2.24, 2.45) is 0 Å². The zero-order chi connectivity index (χ0) is 21.9. The first-order chi connectivity index (χ1) is 14.2. The molecule has 0 aliphatic rings. The molecule has 0 amide bonds. The molecule has 3 aromatic rings. The molecule has 158 valence electrons. The number of carbonyl (C=O) groups excluding carboxylic acids is 1. The molecule has 2 heterocycles. The number of benzene rings is 1. The number of anilines is 1. The third-order valence-corrected chi connectivity index (χ3v) is 5.94. The molecule has 1 aromatic carbocycles. The zero-order valence-corrected chi connectivity index (χ0v) is 17.7. The fourth-order valence-corrected chi connectivity index (χ4v) is 4.22. The van der Waals surface area contributed by atoms with Crippen LogP contribution in [0.25, 0.3) is 10.9 Å². The van der Waals surface area contributed by atoms with Crippen molar-refractivity contribution in [2.75, 3.05) is 18.2 Å². The lowest BCUT2D eigenvalue weighted by atomic mass is 10.1. The third kappa shape index (κ3) is 5.33. The van der Waals surface area contributed by atoms with Gasteiger partial charge in [-0.25, -0.2) is 18.4 Å². The SMILES string of the molecule is COC(=O)CS(=O)(=O)Cc1ccnc(N[C@@H](C)c2cc3cc(Cl)ccc3[nH]c2=O)n1. The molecule has 2 N–H and O–H groups in total. The number of methoxy groups -OCH3 is 1. The highest BCUT2D eigenvalue weighted by atomic mass is 35.5. The molecule has 0 saturated carbocycles. The summed E-state index contributed by atoms with van der Waals surface area (Å²) in [6, 6.07) is 7.85. The van der Waals surface area contributed by atoms with Gasteiger partial charge >= 0.3 is 5.97 Å². The second kappa shape index (κ2) is 8.80. The van der Waals surface area contributed by atoms with Gasteiger partial charge in [0, 0.05) is 27.7 Å². The Labute approximate surface area is 177 Å². The molecule has 0 bridgehead atoms. The summed E-state index contributed by atoms with van der Waals surface area (Å²) >= 11 is 6.03. The number of hydrogen-bond acceptors (Lipinski definition) is 8. The first-order valence-corrected chi connectivity index (χ1v) is 11.0. The molecule has 1 atom stereocenters. The second-order valence-corrected chi connectivity index (χ2v) is 9.13. The van der Waals surface area contributed by atoms with Crippen molar-refractivity contribution in [1.82, 2.24) is 15.0 Å². The number of nitrogens with zero attached hydrogens (tertiary/aromatic N) is 2. The summed E-state index contributed by atoms with van der Waals surface area (Å²) < 4.78 is 28.6. The first kappa shape index (κ1) is 21.7. The fraction of sp³-hybridized carbons (Fsp3) is 0.263. The molecule has 0 unspecified atom stereocenters. The topological polar surface area (TPSA) is 131 Å². The number of esters is 1.